The van der Waals surface area contributed by atoms with Crippen LogP contribution in [0.1, 0.15) is 16.1 Å². The molecule has 1 N–H and O–H groups in total. The number of carbonyl (C=O) groups is 1. The SMILES string of the molecule is O=C(O)c1ccc(Cn2ncc3ccccc32)nc1. The molecule has 5 nitrogen and oxygen atoms in total. The summed E-state index contributed by atoms with van der Waals surface area (Å²) in [7, 11) is 0. The quantitative estimate of drug-likeness (QED) is 0.776. The minimum atomic E-state index is -0.969. The Morgan fingerprint density at radius 3 is 2.74 bits per heavy atom. The molecule has 3 rings (SSSR count). The van der Waals surface area contributed by atoms with E-state index in [0.29, 0.717) is 6.54 Å². The molecule has 0 aliphatic rings. The van der Waals surface area contributed by atoms with Gasteiger partial charge >= 0.3 is 5.97 Å². The number of para-hydroxylation sites is 1. The molecule has 19 heavy (non-hydrogen) atoms. The molecular weight excluding hydrogens is 242 g/mol. The fourth-order valence-electron chi connectivity index (χ4n) is 1.95. The minimum absolute atomic E-state index is 0.189. The topological polar surface area (TPSA) is 68.0 Å². The van der Waals surface area contributed by atoms with Crippen molar-refractivity contribution < 1.29 is 9.90 Å². The lowest BCUT2D eigenvalue weighted by Crippen LogP contribution is -2.04. The van der Waals surface area contributed by atoms with Crippen LogP contribution in [0.2, 0.25) is 0 Å². The summed E-state index contributed by atoms with van der Waals surface area (Å²) in [6.07, 6.45) is 3.17. The maximum absolute atomic E-state index is 10.7. The van der Waals surface area contributed by atoms with Crippen molar-refractivity contribution in [3.8, 4) is 0 Å². The number of benzene rings is 1. The van der Waals surface area contributed by atoms with E-state index in [-0.39, 0.29) is 5.56 Å². The number of aromatic nitrogens is 3. The normalized spacial score (nSPS) is 10.7. The molecule has 0 aliphatic carbocycles. The summed E-state index contributed by atoms with van der Waals surface area (Å²) >= 11 is 0. The Labute approximate surface area is 109 Å². The van der Waals surface area contributed by atoms with Crippen molar-refractivity contribution in [1.29, 1.82) is 0 Å². The third kappa shape index (κ3) is 2.18. The summed E-state index contributed by atoms with van der Waals surface area (Å²) in [4.78, 5) is 14.9. The van der Waals surface area contributed by atoms with Crippen molar-refractivity contribution in [3.63, 3.8) is 0 Å². The largest absolute Gasteiger partial charge is 0.478 e. The number of fused-ring (bicyclic) bond motifs is 1. The smallest absolute Gasteiger partial charge is 0.337 e. The second kappa shape index (κ2) is 4.53. The third-order valence-electron chi connectivity index (χ3n) is 2.93. The number of pyridine rings is 1. The van der Waals surface area contributed by atoms with Gasteiger partial charge in [0.1, 0.15) is 0 Å². The summed E-state index contributed by atoms with van der Waals surface area (Å²) in [6.45, 7) is 0.521. The fraction of sp³-hybridized carbons (Fsp3) is 0.0714. The molecule has 0 saturated carbocycles. The Bertz CT molecular complexity index is 732. The van der Waals surface area contributed by atoms with E-state index in [9.17, 15) is 4.79 Å². The molecule has 0 atom stereocenters. The summed E-state index contributed by atoms with van der Waals surface area (Å²) in [5.41, 5.74) is 2.00. The molecule has 0 fully saturated rings. The first-order valence-corrected chi connectivity index (χ1v) is 5.83. The minimum Gasteiger partial charge on any atom is -0.478 e. The van der Waals surface area contributed by atoms with Gasteiger partial charge in [-0.05, 0) is 18.2 Å². The third-order valence-corrected chi connectivity index (χ3v) is 2.93. The Balaban J connectivity index is 1.90. The lowest BCUT2D eigenvalue weighted by atomic mass is 10.2. The van der Waals surface area contributed by atoms with Crippen molar-refractivity contribution in [3.05, 3.63) is 60.0 Å². The highest BCUT2D eigenvalue weighted by Crippen LogP contribution is 2.13. The first kappa shape index (κ1) is 11.4. The Hall–Kier alpha value is -2.69. The zero-order valence-corrected chi connectivity index (χ0v) is 10.0. The Morgan fingerprint density at radius 1 is 1.16 bits per heavy atom. The van der Waals surface area contributed by atoms with E-state index < -0.39 is 5.97 Å². The molecule has 0 saturated heterocycles. The number of aromatic carboxylic acids is 1. The molecule has 0 spiro atoms. The second-order valence-corrected chi connectivity index (χ2v) is 4.20. The number of hydrogen-bond donors (Lipinski definition) is 1. The van der Waals surface area contributed by atoms with Gasteiger partial charge in [0.25, 0.3) is 0 Å². The van der Waals surface area contributed by atoms with Gasteiger partial charge in [-0.1, -0.05) is 18.2 Å². The Kier molecular flexibility index (Phi) is 2.72. The average molecular weight is 253 g/mol. The van der Waals surface area contributed by atoms with Crippen LogP contribution in [0.3, 0.4) is 0 Å². The van der Waals surface area contributed by atoms with Crippen LogP contribution in [0, 0.1) is 0 Å². The van der Waals surface area contributed by atoms with E-state index in [0.717, 1.165) is 16.6 Å². The van der Waals surface area contributed by atoms with Gasteiger partial charge in [-0.25, -0.2) is 4.79 Å². The molecule has 0 bridgehead atoms. The van der Waals surface area contributed by atoms with Crippen molar-refractivity contribution in [2.45, 2.75) is 6.54 Å². The fourth-order valence-corrected chi connectivity index (χ4v) is 1.95. The van der Waals surface area contributed by atoms with E-state index >= 15 is 0 Å². The average Bonchev–Trinajstić information content (AvgIpc) is 2.83. The van der Waals surface area contributed by atoms with Crippen LogP contribution in [0.4, 0.5) is 0 Å². The molecule has 2 heterocycles. The molecule has 94 valence electrons. The number of rotatable bonds is 3. The van der Waals surface area contributed by atoms with Gasteiger partial charge in [-0.2, -0.15) is 5.10 Å². The molecule has 0 aliphatic heterocycles. The number of hydrogen-bond acceptors (Lipinski definition) is 3. The van der Waals surface area contributed by atoms with E-state index in [4.69, 9.17) is 5.11 Å². The van der Waals surface area contributed by atoms with Crippen LogP contribution in [-0.4, -0.2) is 25.8 Å². The monoisotopic (exact) mass is 253 g/mol. The summed E-state index contributed by atoms with van der Waals surface area (Å²) < 4.78 is 1.85. The number of carboxylic acid groups (broad SMARTS) is 1. The molecule has 3 aromatic rings. The van der Waals surface area contributed by atoms with Crippen molar-refractivity contribution >= 4 is 16.9 Å². The van der Waals surface area contributed by atoms with Gasteiger partial charge in [0, 0.05) is 11.6 Å². The van der Waals surface area contributed by atoms with Crippen molar-refractivity contribution in [1.82, 2.24) is 14.8 Å². The van der Waals surface area contributed by atoms with Crippen LogP contribution in [-0.2, 0) is 6.54 Å². The molecule has 2 aromatic heterocycles. The summed E-state index contributed by atoms with van der Waals surface area (Å²) in [5, 5.41) is 14.2. The molecule has 5 heteroatoms. The lowest BCUT2D eigenvalue weighted by molar-refractivity contribution is 0.0696. The molecule has 0 unspecified atom stereocenters. The van der Waals surface area contributed by atoms with Gasteiger partial charge in [-0.15, -0.1) is 0 Å². The van der Waals surface area contributed by atoms with Crippen LogP contribution < -0.4 is 0 Å². The predicted octanol–water partition coefficient (Wildman–Crippen LogP) is 2.18. The first-order valence-electron chi connectivity index (χ1n) is 5.83. The number of nitrogens with zero attached hydrogens (tertiary/aromatic N) is 3. The van der Waals surface area contributed by atoms with Crippen LogP contribution >= 0.6 is 0 Å². The van der Waals surface area contributed by atoms with Gasteiger partial charge in [0.15, 0.2) is 0 Å². The molecule has 0 radical (unpaired) electrons. The van der Waals surface area contributed by atoms with E-state index in [1.165, 1.54) is 6.20 Å². The van der Waals surface area contributed by atoms with E-state index in [2.05, 4.69) is 10.1 Å². The summed E-state index contributed by atoms with van der Waals surface area (Å²) in [5.74, 6) is -0.969. The molecule has 0 amide bonds. The maximum Gasteiger partial charge on any atom is 0.337 e. The van der Waals surface area contributed by atoms with E-state index in [1.807, 2.05) is 28.9 Å². The van der Waals surface area contributed by atoms with Crippen LogP contribution in [0.15, 0.2) is 48.8 Å². The highest BCUT2D eigenvalue weighted by Gasteiger charge is 2.05. The standard InChI is InChI=1S/C14H11N3O2/c18-14(19)11-5-6-12(15-7-11)9-17-13-4-2-1-3-10(13)8-16-17/h1-8H,9H2,(H,18,19). The highest BCUT2D eigenvalue weighted by atomic mass is 16.4. The van der Waals surface area contributed by atoms with E-state index in [1.54, 1.807) is 18.3 Å². The molecule has 1 aromatic carbocycles. The lowest BCUT2D eigenvalue weighted by Gasteiger charge is -2.03. The number of carboxylic acids is 1. The highest BCUT2D eigenvalue weighted by molar-refractivity contribution is 5.87. The van der Waals surface area contributed by atoms with Crippen molar-refractivity contribution in [2.24, 2.45) is 0 Å². The Morgan fingerprint density at radius 2 is 2.00 bits per heavy atom. The predicted molar refractivity (Wildman–Crippen MR) is 70.0 cm³/mol. The second-order valence-electron chi connectivity index (χ2n) is 4.20. The zero-order chi connectivity index (χ0) is 13.2. The molecular formula is C14H11N3O2. The first-order chi connectivity index (χ1) is 9.24. The van der Waals surface area contributed by atoms with Crippen molar-refractivity contribution in [2.75, 3.05) is 0 Å². The van der Waals surface area contributed by atoms with Gasteiger partial charge in [0.05, 0.1) is 29.5 Å². The van der Waals surface area contributed by atoms with Gasteiger partial charge in [0.2, 0.25) is 0 Å². The van der Waals surface area contributed by atoms with Crippen LogP contribution in [0.5, 0.6) is 0 Å². The van der Waals surface area contributed by atoms with Crippen LogP contribution in [0.25, 0.3) is 10.9 Å². The van der Waals surface area contributed by atoms with Gasteiger partial charge in [-0.3, -0.25) is 9.67 Å². The maximum atomic E-state index is 10.7. The summed E-state index contributed by atoms with van der Waals surface area (Å²) in [6, 6.07) is 11.2. The van der Waals surface area contributed by atoms with Gasteiger partial charge < -0.3 is 5.11 Å². The zero-order valence-electron chi connectivity index (χ0n) is 10.0.